The van der Waals surface area contributed by atoms with E-state index in [0.717, 1.165) is 0 Å². The van der Waals surface area contributed by atoms with E-state index < -0.39 is 17.5 Å². The van der Waals surface area contributed by atoms with Gasteiger partial charge in [0.25, 0.3) is 0 Å². The molecule has 0 spiro atoms. The Bertz CT molecular complexity index is 1090. The summed E-state index contributed by atoms with van der Waals surface area (Å²) in [5.41, 5.74) is 0.603. The maximum absolute atomic E-state index is 12.6. The van der Waals surface area contributed by atoms with Gasteiger partial charge in [0, 0.05) is 5.92 Å². The highest BCUT2D eigenvalue weighted by Crippen LogP contribution is 2.43. The van der Waals surface area contributed by atoms with Crippen molar-refractivity contribution in [2.45, 2.75) is 5.92 Å². The van der Waals surface area contributed by atoms with Crippen LogP contribution >= 0.6 is 0 Å². The molecule has 2 heterocycles. The van der Waals surface area contributed by atoms with Crippen LogP contribution in [0.5, 0.6) is 11.5 Å². The molecule has 0 fully saturated rings. The Morgan fingerprint density at radius 3 is 2.56 bits per heavy atom. The summed E-state index contributed by atoms with van der Waals surface area (Å²) < 4.78 is 11.0. The molecule has 2 N–H and O–H groups in total. The quantitative estimate of drug-likeness (QED) is 0.666. The van der Waals surface area contributed by atoms with Crippen LogP contribution in [-0.4, -0.2) is 11.0 Å². The molecule has 4 rings (SSSR count). The first-order valence-electron chi connectivity index (χ1n) is 7.60. The van der Waals surface area contributed by atoms with Crippen LogP contribution in [0.2, 0.25) is 0 Å². The lowest BCUT2D eigenvalue weighted by atomic mass is 9.79. The molecule has 0 saturated heterocycles. The summed E-state index contributed by atoms with van der Waals surface area (Å²) in [6.07, 6.45) is 0. The van der Waals surface area contributed by atoms with Crippen LogP contribution < -0.4 is 10.4 Å². The number of fused-ring (bicyclic) bond motifs is 3. The van der Waals surface area contributed by atoms with E-state index in [9.17, 15) is 15.2 Å². The predicted octanol–water partition coefficient (Wildman–Crippen LogP) is 3.14. The van der Waals surface area contributed by atoms with E-state index in [1.165, 1.54) is 12.1 Å². The van der Waals surface area contributed by atoms with Gasteiger partial charge in [-0.3, -0.25) is 5.41 Å². The minimum atomic E-state index is -0.957. The topological polar surface area (TPSA) is 107 Å². The maximum atomic E-state index is 12.6. The molecule has 6 heteroatoms. The SMILES string of the molecule is N#CC1C(=N)Oc2c(c(=O)oc3ccccc23)C1c1ccc(O)cc1. The highest BCUT2D eigenvalue weighted by Gasteiger charge is 2.40. The van der Waals surface area contributed by atoms with E-state index in [0.29, 0.717) is 16.5 Å². The number of benzene rings is 2. The number of nitrogens with zero attached hydrogens (tertiary/aromatic N) is 1. The predicted molar refractivity (Wildman–Crippen MR) is 89.9 cm³/mol. The van der Waals surface area contributed by atoms with Crippen molar-refractivity contribution in [1.82, 2.24) is 0 Å². The molecule has 0 amide bonds. The van der Waals surface area contributed by atoms with Crippen molar-refractivity contribution in [2.24, 2.45) is 5.92 Å². The lowest BCUT2D eigenvalue weighted by Gasteiger charge is -2.29. The smallest absolute Gasteiger partial charge is 0.343 e. The number of hydrogen-bond acceptors (Lipinski definition) is 6. The third-order valence-electron chi connectivity index (χ3n) is 4.33. The van der Waals surface area contributed by atoms with Crippen LogP contribution in [0.25, 0.3) is 11.0 Å². The molecule has 1 aromatic heterocycles. The van der Waals surface area contributed by atoms with E-state index >= 15 is 0 Å². The fraction of sp³-hybridized carbons (Fsp3) is 0.105. The molecular formula is C19H12N2O4. The standard InChI is InChI=1S/C19H12N2O4/c20-9-13-15(10-5-7-11(22)8-6-10)16-17(25-18(13)21)12-3-1-2-4-14(12)24-19(16)23/h1-8,13,15,21-22H. The van der Waals surface area contributed by atoms with Gasteiger partial charge in [-0.2, -0.15) is 5.26 Å². The van der Waals surface area contributed by atoms with Crippen LogP contribution in [0.1, 0.15) is 17.0 Å². The molecule has 2 aromatic carbocycles. The molecule has 0 aliphatic carbocycles. The van der Waals surface area contributed by atoms with Gasteiger partial charge in [0.2, 0.25) is 5.90 Å². The van der Waals surface area contributed by atoms with Crippen molar-refractivity contribution in [2.75, 3.05) is 0 Å². The van der Waals surface area contributed by atoms with Crippen LogP contribution in [-0.2, 0) is 0 Å². The molecular weight excluding hydrogens is 320 g/mol. The van der Waals surface area contributed by atoms with Crippen molar-refractivity contribution in [3.63, 3.8) is 0 Å². The zero-order valence-electron chi connectivity index (χ0n) is 12.9. The largest absolute Gasteiger partial charge is 0.508 e. The van der Waals surface area contributed by atoms with Gasteiger partial charge in [0.15, 0.2) is 5.75 Å². The van der Waals surface area contributed by atoms with E-state index in [1.807, 2.05) is 6.07 Å². The molecule has 0 radical (unpaired) electrons. The molecule has 1 aliphatic rings. The van der Waals surface area contributed by atoms with Crippen molar-refractivity contribution in [1.29, 1.82) is 10.7 Å². The summed E-state index contributed by atoms with van der Waals surface area (Å²) in [4.78, 5) is 12.6. The number of ether oxygens (including phenoxy) is 1. The van der Waals surface area contributed by atoms with Crippen LogP contribution in [0.15, 0.2) is 57.7 Å². The highest BCUT2D eigenvalue weighted by atomic mass is 16.5. The van der Waals surface area contributed by atoms with Crippen molar-refractivity contribution in [3.05, 3.63) is 70.1 Å². The Balaban J connectivity index is 2.06. The fourth-order valence-electron chi connectivity index (χ4n) is 3.18. The van der Waals surface area contributed by atoms with Crippen molar-refractivity contribution in [3.8, 4) is 17.6 Å². The molecule has 1 aliphatic heterocycles. The first-order chi connectivity index (χ1) is 12.1. The Morgan fingerprint density at radius 1 is 1.12 bits per heavy atom. The number of nitrogens with one attached hydrogen (secondary N) is 1. The number of nitriles is 1. The van der Waals surface area contributed by atoms with Gasteiger partial charge >= 0.3 is 5.63 Å². The molecule has 2 unspecified atom stereocenters. The molecule has 2 atom stereocenters. The maximum Gasteiger partial charge on any atom is 0.343 e. The third kappa shape index (κ3) is 2.25. The Labute approximate surface area is 142 Å². The first kappa shape index (κ1) is 15.0. The molecule has 0 bridgehead atoms. The Hall–Kier alpha value is -3.59. The Kier molecular flexibility index (Phi) is 3.29. The average Bonchev–Trinajstić information content (AvgIpc) is 2.61. The van der Waals surface area contributed by atoms with Gasteiger partial charge < -0.3 is 14.3 Å². The van der Waals surface area contributed by atoms with E-state index in [1.54, 1.807) is 36.4 Å². The van der Waals surface area contributed by atoms with Gasteiger partial charge in [-0.15, -0.1) is 0 Å². The average molecular weight is 332 g/mol. The lowest BCUT2D eigenvalue weighted by Crippen LogP contribution is -2.34. The van der Waals surface area contributed by atoms with E-state index in [2.05, 4.69) is 0 Å². The molecule has 122 valence electrons. The third-order valence-corrected chi connectivity index (χ3v) is 4.33. The number of phenols is 1. The zero-order chi connectivity index (χ0) is 17.6. The summed E-state index contributed by atoms with van der Waals surface area (Å²) in [5.74, 6) is -1.56. The van der Waals surface area contributed by atoms with Gasteiger partial charge in [-0.05, 0) is 29.8 Å². The summed E-state index contributed by atoms with van der Waals surface area (Å²) in [7, 11) is 0. The lowest BCUT2D eigenvalue weighted by molar-refractivity contribution is 0.431. The van der Waals surface area contributed by atoms with Crippen molar-refractivity contribution < 1.29 is 14.3 Å². The van der Waals surface area contributed by atoms with Crippen LogP contribution in [0.4, 0.5) is 0 Å². The first-order valence-corrected chi connectivity index (χ1v) is 7.60. The second kappa shape index (κ2) is 5.49. The summed E-state index contributed by atoms with van der Waals surface area (Å²) in [6, 6.07) is 15.2. The number of hydrogen-bond donors (Lipinski definition) is 2. The van der Waals surface area contributed by atoms with Gasteiger partial charge in [-0.25, -0.2) is 4.79 Å². The fourth-order valence-corrected chi connectivity index (χ4v) is 3.18. The van der Waals surface area contributed by atoms with Crippen LogP contribution in [0.3, 0.4) is 0 Å². The number of phenolic OH excluding ortho intramolecular Hbond substituents is 1. The molecule has 6 nitrogen and oxygen atoms in total. The molecule has 0 saturated carbocycles. The number of para-hydroxylation sites is 1. The van der Waals surface area contributed by atoms with Gasteiger partial charge in [0.05, 0.1) is 17.0 Å². The summed E-state index contributed by atoms with van der Waals surface area (Å²) in [5, 5.41) is 27.7. The van der Waals surface area contributed by atoms with Crippen molar-refractivity contribution >= 4 is 16.9 Å². The second-order valence-electron chi connectivity index (χ2n) is 5.77. The minimum absolute atomic E-state index is 0.0742. The number of aromatic hydroxyl groups is 1. The molecule has 3 aromatic rings. The normalized spacial score (nSPS) is 19.1. The monoisotopic (exact) mass is 332 g/mol. The number of rotatable bonds is 1. The van der Waals surface area contributed by atoms with Gasteiger partial charge in [0.1, 0.15) is 17.3 Å². The minimum Gasteiger partial charge on any atom is -0.508 e. The van der Waals surface area contributed by atoms with E-state index in [4.69, 9.17) is 14.6 Å². The molecule has 25 heavy (non-hydrogen) atoms. The summed E-state index contributed by atoms with van der Waals surface area (Å²) >= 11 is 0. The highest BCUT2D eigenvalue weighted by molar-refractivity contribution is 5.93. The van der Waals surface area contributed by atoms with Gasteiger partial charge in [-0.1, -0.05) is 24.3 Å². The second-order valence-corrected chi connectivity index (χ2v) is 5.77. The van der Waals surface area contributed by atoms with E-state index in [-0.39, 0.29) is 23.0 Å². The zero-order valence-corrected chi connectivity index (χ0v) is 12.9. The summed E-state index contributed by atoms with van der Waals surface area (Å²) in [6.45, 7) is 0. The van der Waals surface area contributed by atoms with Crippen LogP contribution in [0, 0.1) is 22.7 Å². The Morgan fingerprint density at radius 2 is 1.84 bits per heavy atom.